The Hall–Kier alpha value is 0.230. The van der Waals surface area contributed by atoms with Gasteiger partial charge in [-0.05, 0) is 40.9 Å². The van der Waals surface area contributed by atoms with Gasteiger partial charge in [-0.15, -0.1) is 12.4 Å². The van der Waals surface area contributed by atoms with E-state index in [1.54, 1.807) is 7.11 Å². The van der Waals surface area contributed by atoms with E-state index < -0.39 is 0 Å². The van der Waals surface area contributed by atoms with Crippen LogP contribution in [0.2, 0.25) is 0 Å². The fraction of sp³-hybridized carbons (Fsp3) is 0.600. The summed E-state index contributed by atoms with van der Waals surface area (Å²) >= 11 is 7.10. The first kappa shape index (κ1) is 18.3. The number of hydrogen-bond acceptors (Lipinski definition) is 2. The highest BCUT2D eigenvalue weighted by Crippen LogP contribution is 2.32. The fourth-order valence-corrected chi connectivity index (χ4v) is 4.19. The van der Waals surface area contributed by atoms with Gasteiger partial charge in [0.2, 0.25) is 0 Å². The highest BCUT2D eigenvalue weighted by atomic mass is 79.9. The third kappa shape index (κ3) is 5.21. The van der Waals surface area contributed by atoms with Gasteiger partial charge in [-0.25, -0.2) is 0 Å². The Bertz CT molecular complexity index is 421. The van der Waals surface area contributed by atoms with Crippen LogP contribution in [0.25, 0.3) is 0 Å². The van der Waals surface area contributed by atoms with Gasteiger partial charge in [-0.1, -0.05) is 41.6 Å². The maximum Gasteiger partial charge on any atom is 0.137 e. The molecule has 1 aliphatic carbocycles. The smallest absolute Gasteiger partial charge is 0.137 e. The van der Waals surface area contributed by atoms with E-state index >= 15 is 0 Å². The summed E-state index contributed by atoms with van der Waals surface area (Å²) in [5.41, 5.74) is 1.20. The number of ether oxygens (including phenoxy) is 1. The predicted octanol–water partition coefficient (Wildman–Crippen LogP) is 5.45. The molecule has 0 bridgehead atoms. The highest BCUT2D eigenvalue weighted by molar-refractivity contribution is 9.11. The van der Waals surface area contributed by atoms with E-state index in [2.05, 4.69) is 43.2 Å². The van der Waals surface area contributed by atoms with Gasteiger partial charge < -0.3 is 10.1 Å². The molecular weight excluding hydrogens is 405 g/mol. The van der Waals surface area contributed by atoms with E-state index in [9.17, 15) is 0 Å². The Morgan fingerprint density at radius 2 is 1.80 bits per heavy atom. The van der Waals surface area contributed by atoms with Gasteiger partial charge in [0.05, 0.1) is 11.6 Å². The van der Waals surface area contributed by atoms with Crippen molar-refractivity contribution in [3.05, 3.63) is 26.6 Å². The minimum absolute atomic E-state index is 0. The summed E-state index contributed by atoms with van der Waals surface area (Å²) < 4.78 is 7.57. The summed E-state index contributed by atoms with van der Waals surface area (Å²) in [6.45, 7) is 0.867. The zero-order chi connectivity index (χ0) is 13.7. The van der Waals surface area contributed by atoms with Crippen molar-refractivity contribution in [2.45, 2.75) is 51.1 Å². The molecule has 2 nitrogen and oxygen atoms in total. The molecule has 0 atom stereocenters. The molecule has 0 spiro atoms. The molecule has 1 N–H and O–H groups in total. The van der Waals surface area contributed by atoms with Crippen molar-refractivity contribution < 1.29 is 4.74 Å². The van der Waals surface area contributed by atoms with Gasteiger partial charge in [0.15, 0.2) is 0 Å². The molecule has 0 heterocycles. The number of rotatable bonds is 4. The molecule has 1 saturated carbocycles. The van der Waals surface area contributed by atoms with Crippen molar-refractivity contribution in [2.75, 3.05) is 7.11 Å². The maximum atomic E-state index is 5.49. The van der Waals surface area contributed by atoms with Crippen molar-refractivity contribution in [3.8, 4) is 5.75 Å². The summed E-state index contributed by atoms with van der Waals surface area (Å²) in [6.07, 6.45) is 8.11. The Morgan fingerprint density at radius 1 is 1.15 bits per heavy atom. The van der Waals surface area contributed by atoms with E-state index in [1.807, 2.05) is 6.07 Å². The van der Waals surface area contributed by atoms with Gasteiger partial charge in [-0.2, -0.15) is 0 Å². The zero-order valence-corrected chi connectivity index (χ0v) is 15.7. The van der Waals surface area contributed by atoms with Gasteiger partial charge in [-0.3, -0.25) is 0 Å². The summed E-state index contributed by atoms with van der Waals surface area (Å²) in [5.74, 6) is 0.935. The van der Waals surface area contributed by atoms with Crippen LogP contribution in [0, 0.1) is 0 Å². The predicted molar refractivity (Wildman–Crippen MR) is 94.0 cm³/mol. The SMILES string of the molecule is COc1c(Br)cc(Br)cc1CNC1CCCCCC1.Cl. The summed E-state index contributed by atoms with van der Waals surface area (Å²) in [7, 11) is 1.73. The quantitative estimate of drug-likeness (QED) is 0.645. The molecule has 2 rings (SSSR count). The van der Waals surface area contributed by atoms with Crippen LogP contribution in [-0.4, -0.2) is 13.2 Å². The van der Waals surface area contributed by atoms with Crippen LogP contribution in [0.5, 0.6) is 5.75 Å². The molecule has 0 unspecified atom stereocenters. The zero-order valence-electron chi connectivity index (χ0n) is 11.8. The van der Waals surface area contributed by atoms with E-state index in [4.69, 9.17) is 4.74 Å². The maximum absolute atomic E-state index is 5.49. The van der Waals surface area contributed by atoms with Crippen LogP contribution < -0.4 is 10.1 Å². The highest BCUT2D eigenvalue weighted by Gasteiger charge is 2.14. The minimum atomic E-state index is 0. The lowest BCUT2D eigenvalue weighted by Crippen LogP contribution is -2.28. The second-order valence-corrected chi connectivity index (χ2v) is 6.92. The van der Waals surface area contributed by atoms with Crippen molar-refractivity contribution in [3.63, 3.8) is 0 Å². The number of benzene rings is 1. The van der Waals surface area contributed by atoms with E-state index in [-0.39, 0.29) is 12.4 Å². The molecule has 0 aromatic heterocycles. The Labute approximate surface area is 144 Å². The van der Waals surface area contributed by atoms with Crippen molar-refractivity contribution in [1.82, 2.24) is 5.32 Å². The van der Waals surface area contributed by atoms with Crippen molar-refractivity contribution in [2.24, 2.45) is 0 Å². The van der Waals surface area contributed by atoms with Crippen molar-refractivity contribution in [1.29, 1.82) is 0 Å². The average Bonchev–Trinajstić information content (AvgIpc) is 2.64. The lowest BCUT2D eigenvalue weighted by atomic mass is 10.1. The monoisotopic (exact) mass is 425 g/mol. The normalized spacial score (nSPS) is 16.4. The van der Waals surface area contributed by atoms with Gasteiger partial charge >= 0.3 is 0 Å². The number of hydrogen-bond donors (Lipinski definition) is 1. The second-order valence-electron chi connectivity index (χ2n) is 5.15. The molecule has 0 radical (unpaired) electrons. The number of nitrogens with one attached hydrogen (secondary N) is 1. The Kier molecular flexibility index (Phi) is 8.49. The number of methoxy groups -OCH3 is 1. The standard InChI is InChI=1S/C15H21Br2NO.ClH/c1-19-15-11(8-12(16)9-14(15)17)10-18-13-6-4-2-3-5-7-13;/h8-9,13,18H,2-7,10H2,1H3;1H. The molecular formula is C15H22Br2ClNO. The van der Waals surface area contributed by atoms with E-state index in [0.29, 0.717) is 6.04 Å². The van der Waals surface area contributed by atoms with Crippen molar-refractivity contribution >= 4 is 44.3 Å². The van der Waals surface area contributed by atoms with Crippen LogP contribution in [0.1, 0.15) is 44.1 Å². The third-order valence-corrected chi connectivity index (χ3v) is 4.77. The Balaban J connectivity index is 0.00000200. The molecule has 1 fully saturated rings. The molecule has 114 valence electrons. The Morgan fingerprint density at radius 3 is 2.40 bits per heavy atom. The second kappa shape index (κ2) is 9.29. The van der Waals surface area contributed by atoms with Crippen LogP contribution in [0.3, 0.4) is 0 Å². The van der Waals surface area contributed by atoms with Crippen LogP contribution >= 0.6 is 44.3 Å². The molecule has 5 heteroatoms. The average molecular weight is 428 g/mol. The fourth-order valence-electron chi connectivity index (χ4n) is 2.71. The third-order valence-electron chi connectivity index (χ3n) is 3.73. The van der Waals surface area contributed by atoms with Gasteiger partial charge in [0, 0.05) is 22.6 Å². The topological polar surface area (TPSA) is 21.3 Å². The molecule has 1 aliphatic rings. The first-order valence-corrected chi connectivity index (χ1v) is 8.54. The summed E-state index contributed by atoms with van der Waals surface area (Å²) in [6, 6.07) is 4.81. The summed E-state index contributed by atoms with van der Waals surface area (Å²) in [4.78, 5) is 0. The molecule has 0 amide bonds. The molecule has 20 heavy (non-hydrogen) atoms. The minimum Gasteiger partial charge on any atom is -0.495 e. The first-order chi connectivity index (χ1) is 9.20. The van der Waals surface area contributed by atoms with Crippen LogP contribution in [0.4, 0.5) is 0 Å². The largest absolute Gasteiger partial charge is 0.495 e. The van der Waals surface area contributed by atoms with Gasteiger partial charge in [0.1, 0.15) is 5.75 Å². The van der Waals surface area contributed by atoms with Crippen LogP contribution in [0.15, 0.2) is 21.1 Å². The van der Waals surface area contributed by atoms with Gasteiger partial charge in [0.25, 0.3) is 0 Å². The van der Waals surface area contributed by atoms with Crippen LogP contribution in [-0.2, 0) is 6.54 Å². The first-order valence-electron chi connectivity index (χ1n) is 6.96. The molecule has 1 aromatic rings. The molecule has 0 saturated heterocycles. The van der Waals surface area contributed by atoms with E-state index in [0.717, 1.165) is 21.2 Å². The lowest BCUT2D eigenvalue weighted by Gasteiger charge is -2.18. The number of halogens is 3. The van der Waals surface area contributed by atoms with E-state index in [1.165, 1.54) is 44.1 Å². The molecule has 1 aromatic carbocycles. The molecule has 0 aliphatic heterocycles. The summed E-state index contributed by atoms with van der Waals surface area (Å²) in [5, 5.41) is 3.69. The lowest BCUT2D eigenvalue weighted by molar-refractivity contribution is 0.398.